The van der Waals surface area contributed by atoms with Gasteiger partial charge in [0.05, 0.1) is 19.1 Å². The minimum atomic E-state index is -0.857. The molecule has 0 aliphatic carbocycles. The lowest BCUT2D eigenvalue weighted by Crippen LogP contribution is -2.46. The number of rotatable bonds is 2. The monoisotopic (exact) mass is 299 g/mol. The Morgan fingerprint density at radius 1 is 1.24 bits per heavy atom. The maximum Gasteiger partial charge on any atom is 0.407 e. The van der Waals surface area contributed by atoms with Gasteiger partial charge < -0.3 is 25.0 Å². The van der Waals surface area contributed by atoms with Crippen LogP contribution in [0.1, 0.15) is 19.8 Å². The zero-order chi connectivity index (χ0) is 15.6. The van der Waals surface area contributed by atoms with E-state index in [1.54, 1.807) is 16.7 Å². The molecule has 0 aromatic carbocycles. The Bertz CT molecular complexity index is 442. The molecule has 3 atom stereocenters. The van der Waals surface area contributed by atoms with Crippen LogP contribution < -0.4 is 5.32 Å². The highest BCUT2D eigenvalue weighted by Crippen LogP contribution is 2.26. The fourth-order valence-corrected chi connectivity index (χ4v) is 3.00. The number of ether oxygens (including phenoxy) is 1. The maximum atomic E-state index is 12.4. The Kier molecular flexibility index (Phi) is 4.54. The third kappa shape index (κ3) is 3.20. The first-order chi connectivity index (χ1) is 9.93. The number of carbonyl (C=O) groups excluding carboxylic acids is 2. The molecule has 8 heteroatoms. The Morgan fingerprint density at radius 3 is 2.52 bits per heavy atom. The SMILES string of the molecule is COC(=O)NC1CCN(C(=O)N2CCC(C(=O)O)C2C)C1. The van der Waals surface area contributed by atoms with E-state index in [0.717, 1.165) is 0 Å². The van der Waals surface area contributed by atoms with E-state index in [4.69, 9.17) is 5.11 Å². The van der Waals surface area contributed by atoms with E-state index in [-0.39, 0.29) is 18.1 Å². The average molecular weight is 299 g/mol. The van der Waals surface area contributed by atoms with Gasteiger partial charge in [0.25, 0.3) is 0 Å². The van der Waals surface area contributed by atoms with E-state index in [0.29, 0.717) is 32.5 Å². The molecule has 0 saturated carbocycles. The molecule has 2 rings (SSSR count). The van der Waals surface area contributed by atoms with Crippen molar-refractivity contribution in [2.45, 2.75) is 31.8 Å². The highest BCUT2D eigenvalue weighted by molar-refractivity contribution is 5.78. The minimum absolute atomic E-state index is 0.116. The lowest BCUT2D eigenvalue weighted by atomic mass is 10.0. The maximum absolute atomic E-state index is 12.4. The summed E-state index contributed by atoms with van der Waals surface area (Å²) < 4.78 is 4.54. The molecule has 0 radical (unpaired) electrons. The van der Waals surface area contributed by atoms with Gasteiger partial charge in [0.1, 0.15) is 0 Å². The zero-order valence-corrected chi connectivity index (χ0v) is 12.2. The number of alkyl carbamates (subject to hydrolysis) is 1. The van der Waals surface area contributed by atoms with E-state index in [9.17, 15) is 14.4 Å². The second-order valence-electron chi connectivity index (χ2n) is 5.52. The summed E-state index contributed by atoms with van der Waals surface area (Å²) in [5.74, 6) is -1.36. The smallest absolute Gasteiger partial charge is 0.407 e. The molecule has 0 aromatic heterocycles. The van der Waals surface area contributed by atoms with Crippen LogP contribution in [0.5, 0.6) is 0 Å². The zero-order valence-electron chi connectivity index (χ0n) is 12.2. The molecule has 2 saturated heterocycles. The Labute approximate surface area is 123 Å². The lowest BCUT2D eigenvalue weighted by molar-refractivity contribution is -0.142. The van der Waals surface area contributed by atoms with Gasteiger partial charge in [0.15, 0.2) is 0 Å². The number of methoxy groups -OCH3 is 1. The van der Waals surface area contributed by atoms with Crippen LogP contribution >= 0.6 is 0 Å². The molecule has 2 fully saturated rings. The Hall–Kier alpha value is -1.99. The molecule has 3 amide bonds. The standard InChI is InChI=1S/C13H21N3O5/c1-8-10(11(17)18)4-6-16(8)13(20)15-5-3-9(7-15)14-12(19)21-2/h8-10H,3-7H2,1-2H3,(H,14,19)(H,17,18). The van der Waals surface area contributed by atoms with Crippen molar-refractivity contribution in [3.05, 3.63) is 0 Å². The van der Waals surface area contributed by atoms with Gasteiger partial charge in [0, 0.05) is 25.7 Å². The van der Waals surface area contributed by atoms with Crippen LogP contribution in [0.4, 0.5) is 9.59 Å². The van der Waals surface area contributed by atoms with Crippen LogP contribution in [0, 0.1) is 5.92 Å². The summed E-state index contributed by atoms with van der Waals surface area (Å²) >= 11 is 0. The second-order valence-corrected chi connectivity index (χ2v) is 5.52. The first-order valence-electron chi connectivity index (χ1n) is 7.07. The molecule has 8 nitrogen and oxygen atoms in total. The average Bonchev–Trinajstić information content (AvgIpc) is 3.04. The van der Waals surface area contributed by atoms with E-state index < -0.39 is 18.0 Å². The van der Waals surface area contributed by atoms with E-state index in [1.807, 2.05) is 0 Å². The summed E-state index contributed by atoms with van der Waals surface area (Å²) in [5, 5.41) is 11.8. The quantitative estimate of drug-likeness (QED) is 0.765. The number of aliphatic carboxylic acids is 1. The van der Waals surface area contributed by atoms with Crippen molar-refractivity contribution in [1.82, 2.24) is 15.1 Å². The molecule has 0 bridgehead atoms. The molecular formula is C13H21N3O5. The molecule has 21 heavy (non-hydrogen) atoms. The van der Waals surface area contributed by atoms with Gasteiger partial charge in [-0.3, -0.25) is 4.79 Å². The van der Waals surface area contributed by atoms with Crippen molar-refractivity contribution in [2.75, 3.05) is 26.7 Å². The van der Waals surface area contributed by atoms with Gasteiger partial charge in [-0.25, -0.2) is 9.59 Å². The number of nitrogens with one attached hydrogen (secondary N) is 1. The number of hydrogen-bond acceptors (Lipinski definition) is 4. The van der Waals surface area contributed by atoms with Crippen LogP contribution in [-0.2, 0) is 9.53 Å². The highest BCUT2D eigenvalue weighted by atomic mass is 16.5. The first-order valence-corrected chi connectivity index (χ1v) is 7.07. The van der Waals surface area contributed by atoms with Crippen LogP contribution in [0.3, 0.4) is 0 Å². The third-order valence-corrected chi connectivity index (χ3v) is 4.28. The predicted molar refractivity (Wildman–Crippen MR) is 72.8 cm³/mol. The van der Waals surface area contributed by atoms with Crippen molar-refractivity contribution < 1.29 is 24.2 Å². The number of urea groups is 1. The van der Waals surface area contributed by atoms with Crippen LogP contribution in [0.15, 0.2) is 0 Å². The number of carboxylic acids is 1. The largest absolute Gasteiger partial charge is 0.481 e. The van der Waals surface area contributed by atoms with E-state index in [2.05, 4.69) is 10.1 Å². The van der Waals surface area contributed by atoms with Crippen LogP contribution in [0.25, 0.3) is 0 Å². The molecule has 2 N–H and O–H groups in total. The molecule has 3 unspecified atom stereocenters. The van der Waals surface area contributed by atoms with Crippen molar-refractivity contribution in [2.24, 2.45) is 5.92 Å². The van der Waals surface area contributed by atoms with Crippen molar-refractivity contribution >= 4 is 18.1 Å². The predicted octanol–water partition coefficient (Wildman–Crippen LogP) is 0.332. The van der Waals surface area contributed by atoms with Gasteiger partial charge >= 0.3 is 18.1 Å². The first kappa shape index (κ1) is 15.4. The Morgan fingerprint density at radius 2 is 1.95 bits per heavy atom. The minimum Gasteiger partial charge on any atom is -0.481 e. The molecule has 2 heterocycles. The van der Waals surface area contributed by atoms with E-state index >= 15 is 0 Å². The highest BCUT2D eigenvalue weighted by Gasteiger charge is 2.41. The van der Waals surface area contributed by atoms with Gasteiger partial charge in [-0.15, -0.1) is 0 Å². The lowest BCUT2D eigenvalue weighted by Gasteiger charge is -2.28. The summed E-state index contributed by atoms with van der Waals surface area (Å²) in [6.45, 7) is 3.20. The molecule has 0 spiro atoms. The number of likely N-dealkylation sites (tertiary alicyclic amines) is 2. The summed E-state index contributed by atoms with van der Waals surface area (Å²) in [4.78, 5) is 38.0. The normalized spacial score (nSPS) is 28.6. The summed E-state index contributed by atoms with van der Waals surface area (Å²) in [6.07, 6.45) is 0.653. The fraction of sp³-hybridized carbons (Fsp3) is 0.769. The van der Waals surface area contributed by atoms with Gasteiger partial charge in [-0.05, 0) is 19.8 Å². The molecular weight excluding hydrogens is 278 g/mol. The number of amides is 3. The number of carbonyl (C=O) groups is 3. The number of hydrogen-bond donors (Lipinski definition) is 2. The van der Waals surface area contributed by atoms with Crippen molar-refractivity contribution in [3.63, 3.8) is 0 Å². The summed E-state index contributed by atoms with van der Waals surface area (Å²) in [7, 11) is 1.30. The fourth-order valence-electron chi connectivity index (χ4n) is 3.00. The third-order valence-electron chi connectivity index (χ3n) is 4.28. The summed E-state index contributed by atoms with van der Waals surface area (Å²) in [6, 6.07) is -0.572. The molecule has 2 aliphatic rings. The molecule has 2 aliphatic heterocycles. The topological polar surface area (TPSA) is 99.2 Å². The number of nitrogens with zero attached hydrogens (tertiary/aromatic N) is 2. The van der Waals surface area contributed by atoms with Crippen LogP contribution in [-0.4, -0.2) is 71.8 Å². The molecule has 118 valence electrons. The van der Waals surface area contributed by atoms with Crippen molar-refractivity contribution in [3.8, 4) is 0 Å². The van der Waals surface area contributed by atoms with Gasteiger partial charge in [-0.2, -0.15) is 0 Å². The number of carboxylic acid groups (broad SMARTS) is 1. The summed E-state index contributed by atoms with van der Waals surface area (Å²) in [5.41, 5.74) is 0. The van der Waals surface area contributed by atoms with Crippen molar-refractivity contribution in [1.29, 1.82) is 0 Å². The Balaban J connectivity index is 1.90. The van der Waals surface area contributed by atoms with Gasteiger partial charge in [0.2, 0.25) is 0 Å². The van der Waals surface area contributed by atoms with Gasteiger partial charge in [-0.1, -0.05) is 0 Å². The second kappa shape index (κ2) is 6.19. The van der Waals surface area contributed by atoms with E-state index in [1.165, 1.54) is 7.11 Å². The van der Waals surface area contributed by atoms with Crippen LogP contribution in [0.2, 0.25) is 0 Å². The molecule has 0 aromatic rings.